The molecular weight excluding hydrogens is 236 g/mol. The summed E-state index contributed by atoms with van der Waals surface area (Å²) in [6, 6.07) is 8.06. The average molecular weight is 255 g/mol. The summed E-state index contributed by atoms with van der Waals surface area (Å²) >= 11 is 5.93. The predicted molar refractivity (Wildman–Crippen MR) is 71.2 cm³/mol. The Balaban J connectivity index is 2.30. The summed E-state index contributed by atoms with van der Waals surface area (Å²) in [7, 11) is 1.66. The molecule has 0 radical (unpaired) electrons. The molecule has 1 amide bonds. The standard InChI is InChI=1S/C13H19ClN2O/c1-10(11-5-3-6-12(14)9-11)16-8-4-7-13(17)15-2/h3,5-6,9-10,16H,4,7-8H2,1-2H3,(H,15,17)/t10-/m1/s1. The van der Waals surface area contributed by atoms with Gasteiger partial charge in [0.1, 0.15) is 0 Å². The van der Waals surface area contributed by atoms with Crippen molar-refractivity contribution in [2.45, 2.75) is 25.8 Å². The van der Waals surface area contributed by atoms with Gasteiger partial charge in [-0.25, -0.2) is 0 Å². The molecule has 17 heavy (non-hydrogen) atoms. The Morgan fingerprint density at radius 2 is 2.24 bits per heavy atom. The van der Waals surface area contributed by atoms with Gasteiger partial charge < -0.3 is 10.6 Å². The normalized spacial score (nSPS) is 12.2. The Labute approximate surface area is 108 Å². The Morgan fingerprint density at radius 3 is 2.88 bits per heavy atom. The molecule has 1 aromatic carbocycles. The first kappa shape index (κ1) is 14.0. The van der Waals surface area contributed by atoms with E-state index >= 15 is 0 Å². The molecule has 1 aromatic rings. The first-order valence-electron chi connectivity index (χ1n) is 5.83. The van der Waals surface area contributed by atoms with Gasteiger partial charge >= 0.3 is 0 Å². The molecule has 2 N–H and O–H groups in total. The van der Waals surface area contributed by atoms with Gasteiger partial charge in [-0.15, -0.1) is 0 Å². The van der Waals surface area contributed by atoms with Crippen LogP contribution in [0.25, 0.3) is 0 Å². The third-order valence-corrected chi connectivity index (χ3v) is 2.89. The van der Waals surface area contributed by atoms with Gasteiger partial charge in [0.25, 0.3) is 0 Å². The molecule has 0 aromatic heterocycles. The summed E-state index contributed by atoms with van der Waals surface area (Å²) in [5.74, 6) is 0.0854. The molecule has 0 aliphatic heterocycles. The van der Waals surface area contributed by atoms with Crippen molar-refractivity contribution in [2.75, 3.05) is 13.6 Å². The SMILES string of the molecule is CNC(=O)CCCN[C@H](C)c1cccc(Cl)c1. The number of nitrogens with one attached hydrogen (secondary N) is 2. The van der Waals surface area contributed by atoms with Crippen LogP contribution in [0.1, 0.15) is 31.4 Å². The second kappa shape index (κ2) is 7.30. The number of benzene rings is 1. The van der Waals surface area contributed by atoms with Crippen LogP contribution in [0.15, 0.2) is 24.3 Å². The maximum Gasteiger partial charge on any atom is 0.219 e. The molecular formula is C13H19ClN2O. The molecule has 1 rings (SSSR count). The van der Waals surface area contributed by atoms with Crippen LogP contribution >= 0.6 is 11.6 Å². The summed E-state index contributed by atoms with van der Waals surface area (Å²) < 4.78 is 0. The van der Waals surface area contributed by atoms with Crippen molar-refractivity contribution >= 4 is 17.5 Å². The molecule has 0 heterocycles. The molecule has 3 nitrogen and oxygen atoms in total. The van der Waals surface area contributed by atoms with Crippen LogP contribution in [-0.2, 0) is 4.79 Å². The van der Waals surface area contributed by atoms with Crippen LogP contribution in [0.4, 0.5) is 0 Å². The number of rotatable bonds is 6. The Bertz CT molecular complexity index is 368. The Morgan fingerprint density at radius 1 is 1.47 bits per heavy atom. The van der Waals surface area contributed by atoms with E-state index in [9.17, 15) is 4.79 Å². The van der Waals surface area contributed by atoms with Gasteiger partial charge in [0.15, 0.2) is 0 Å². The molecule has 0 unspecified atom stereocenters. The minimum Gasteiger partial charge on any atom is -0.359 e. The number of amides is 1. The molecule has 0 saturated heterocycles. The monoisotopic (exact) mass is 254 g/mol. The average Bonchev–Trinajstić information content (AvgIpc) is 2.34. The van der Waals surface area contributed by atoms with Crippen LogP contribution in [0.3, 0.4) is 0 Å². The first-order valence-corrected chi connectivity index (χ1v) is 6.20. The number of carbonyl (C=O) groups excluding carboxylic acids is 1. The highest BCUT2D eigenvalue weighted by Gasteiger charge is 2.05. The number of halogens is 1. The zero-order chi connectivity index (χ0) is 12.7. The molecule has 0 bridgehead atoms. The van der Waals surface area contributed by atoms with Crippen LogP contribution in [0.5, 0.6) is 0 Å². The van der Waals surface area contributed by atoms with E-state index in [2.05, 4.69) is 17.6 Å². The minimum atomic E-state index is 0.0854. The molecule has 0 saturated carbocycles. The van der Waals surface area contributed by atoms with E-state index in [-0.39, 0.29) is 11.9 Å². The first-order chi connectivity index (χ1) is 8.13. The molecule has 0 aliphatic rings. The number of carbonyl (C=O) groups is 1. The van der Waals surface area contributed by atoms with E-state index in [1.54, 1.807) is 7.05 Å². The minimum absolute atomic E-state index is 0.0854. The molecule has 0 fully saturated rings. The van der Waals surface area contributed by atoms with Gasteiger partial charge in [-0.1, -0.05) is 23.7 Å². The topological polar surface area (TPSA) is 41.1 Å². The van der Waals surface area contributed by atoms with Crippen molar-refractivity contribution in [2.24, 2.45) is 0 Å². The van der Waals surface area contributed by atoms with E-state index in [0.717, 1.165) is 23.6 Å². The smallest absolute Gasteiger partial charge is 0.219 e. The van der Waals surface area contributed by atoms with Crippen LogP contribution < -0.4 is 10.6 Å². The second-order valence-electron chi connectivity index (χ2n) is 4.01. The van der Waals surface area contributed by atoms with Crippen LogP contribution in [-0.4, -0.2) is 19.5 Å². The highest BCUT2D eigenvalue weighted by molar-refractivity contribution is 6.30. The molecule has 0 spiro atoms. The quantitative estimate of drug-likeness (QED) is 0.766. The van der Waals surface area contributed by atoms with Crippen molar-refractivity contribution in [3.63, 3.8) is 0 Å². The lowest BCUT2D eigenvalue weighted by atomic mass is 10.1. The maximum absolute atomic E-state index is 11.0. The summed E-state index contributed by atoms with van der Waals surface area (Å²) in [6.45, 7) is 2.91. The molecule has 1 atom stereocenters. The van der Waals surface area contributed by atoms with Gasteiger partial charge in [0.2, 0.25) is 5.91 Å². The second-order valence-corrected chi connectivity index (χ2v) is 4.44. The Kier molecular flexibility index (Phi) is 6.01. The number of hydrogen-bond acceptors (Lipinski definition) is 2. The molecule has 4 heteroatoms. The summed E-state index contributed by atoms with van der Waals surface area (Å²) in [4.78, 5) is 11.0. The van der Waals surface area contributed by atoms with Crippen molar-refractivity contribution in [3.05, 3.63) is 34.9 Å². The third-order valence-electron chi connectivity index (χ3n) is 2.66. The fraction of sp³-hybridized carbons (Fsp3) is 0.462. The van der Waals surface area contributed by atoms with Gasteiger partial charge in [-0.05, 0) is 37.6 Å². The zero-order valence-corrected chi connectivity index (χ0v) is 11.1. The summed E-state index contributed by atoms with van der Waals surface area (Å²) in [5.41, 5.74) is 1.16. The summed E-state index contributed by atoms with van der Waals surface area (Å²) in [5, 5.41) is 6.73. The largest absolute Gasteiger partial charge is 0.359 e. The van der Waals surface area contributed by atoms with Crippen molar-refractivity contribution in [3.8, 4) is 0 Å². The highest BCUT2D eigenvalue weighted by Crippen LogP contribution is 2.17. The zero-order valence-electron chi connectivity index (χ0n) is 10.3. The lowest BCUT2D eigenvalue weighted by Gasteiger charge is -2.14. The fourth-order valence-electron chi connectivity index (χ4n) is 1.59. The molecule has 0 aliphatic carbocycles. The van der Waals surface area contributed by atoms with Gasteiger partial charge in [0, 0.05) is 24.5 Å². The third kappa shape index (κ3) is 5.20. The van der Waals surface area contributed by atoms with E-state index in [1.807, 2.05) is 24.3 Å². The lowest BCUT2D eigenvalue weighted by molar-refractivity contribution is -0.120. The number of hydrogen-bond donors (Lipinski definition) is 2. The van der Waals surface area contributed by atoms with Gasteiger partial charge in [-0.2, -0.15) is 0 Å². The van der Waals surface area contributed by atoms with E-state index in [4.69, 9.17) is 11.6 Å². The van der Waals surface area contributed by atoms with E-state index < -0.39 is 0 Å². The van der Waals surface area contributed by atoms with Gasteiger partial charge in [0.05, 0.1) is 0 Å². The Hall–Kier alpha value is -1.06. The fourth-order valence-corrected chi connectivity index (χ4v) is 1.79. The van der Waals surface area contributed by atoms with Crippen molar-refractivity contribution in [1.82, 2.24) is 10.6 Å². The van der Waals surface area contributed by atoms with Crippen molar-refractivity contribution < 1.29 is 4.79 Å². The summed E-state index contributed by atoms with van der Waals surface area (Å²) in [6.07, 6.45) is 1.40. The van der Waals surface area contributed by atoms with Gasteiger partial charge in [-0.3, -0.25) is 4.79 Å². The van der Waals surface area contributed by atoms with Crippen LogP contribution in [0, 0.1) is 0 Å². The predicted octanol–water partition coefficient (Wildman–Crippen LogP) is 2.52. The lowest BCUT2D eigenvalue weighted by Crippen LogP contribution is -2.23. The van der Waals surface area contributed by atoms with Crippen molar-refractivity contribution in [1.29, 1.82) is 0 Å². The maximum atomic E-state index is 11.0. The highest BCUT2D eigenvalue weighted by atomic mass is 35.5. The van der Waals surface area contributed by atoms with E-state index in [0.29, 0.717) is 6.42 Å². The van der Waals surface area contributed by atoms with Crippen LogP contribution in [0.2, 0.25) is 5.02 Å². The van der Waals surface area contributed by atoms with E-state index in [1.165, 1.54) is 0 Å². The molecule has 94 valence electrons.